The number of nitrogens with two attached hydrogens (primary N) is 2. The fourth-order valence-corrected chi connectivity index (χ4v) is 1.15. The summed E-state index contributed by atoms with van der Waals surface area (Å²) in [5, 5.41) is 0. The smallest absolute Gasteiger partial charge is 0.438 e. The molecule has 0 aliphatic carbocycles. The maximum atomic E-state index is 10.2. The summed E-state index contributed by atoms with van der Waals surface area (Å²) in [5.74, 6) is 0. The van der Waals surface area contributed by atoms with Crippen LogP contribution in [0.25, 0.3) is 0 Å². The van der Waals surface area contributed by atoms with E-state index in [1.165, 1.54) is 0 Å². The molecule has 0 unspecified atom stereocenters. The number of ether oxygens (including phenoxy) is 4. The highest BCUT2D eigenvalue weighted by Gasteiger charge is 2.03. The summed E-state index contributed by atoms with van der Waals surface area (Å²) in [4.78, 5) is 20.4. The van der Waals surface area contributed by atoms with Crippen LogP contribution in [0.2, 0.25) is 0 Å². The van der Waals surface area contributed by atoms with Crippen LogP contribution in [0.1, 0.15) is 27.7 Å². The van der Waals surface area contributed by atoms with Crippen molar-refractivity contribution in [2.75, 3.05) is 32.5 Å². The number of nitrogen functional groups attached to an aromatic ring is 2. The Morgan fingerprint density at radius 1 is 0.655 bits per heavy atom. The quantitative estimate of drug-likeness (QED) is 0.398. The summed E-state index contributed by atoms with van der Waals surface area (Å²) in [6.07, 6.45) is -1.84. The van der Waals surface area contributed by atoms with Crippen LogP contribution in [-0.4, -0.2) is 33.3 Å². The van der Waals surface area contributed by atoms with Crippen molar-refractivity contribution in [3.63, 3.8) is 0 Å². The van der Waals surface area contributed by atoms with E-state index in [4.69, 9.17) is 11.5 Å². The third kappa shape index (κ3) is 24.6. The molecule has 0 atom stereocenters. The van der Waals surface area contributed by atoms with Gasteiger partial charge in [-0.1, -0.05) is 64.1 Å². The lowest BCUT2D eigenvalue weighted by Crippen LogP contribution is -2.12. The van der Waals surface area contributed by atoms with Gasteiger partial charge in [0.2, 0.25) is 6.79 Å². The summed E-state index contributed by atoms with van der Waals surface area (Å²) >= 11 is 0. The average Bonchev–Trinajstić information content (AvgIpc) is 2.78. The molecule has 0 bridgehead atoms. The van der Waals surface area contributed by atoms with Gasteiger partial charge in [0.15, 0.2) is 0 Å². The van der Waals surface area contributed by atoms with Crippen molar-refractivity contribution in [1.29, 1.82) is 0 Å². The van der Waals surface area contributed by atoms with E-state index in [9.17, 15) is 9.59 Å². The Morgan fingerprint density at radius 3 is 1.10 bits per heavy atom. The van der Waals surface area contributed by atoms with E-state index in [1.807, 2.05) is 88.4 Å². The summed E-state index contributed by atoms with van der Waals surface area (Å²) < 4.78 is 16.5. The standard InChI is InChI=1S/2C6H7N.C5H8O6.2C2H6/c2*7-6-4-2-1-3-5-6;1-8-4(6)10-3-11-5(7)9-2;2*1-2/h2*1-5H,7H2;3H2,1-2H3;2*1-2H3. The highest BCUT2D eigenvalue weighted by atomic mass is 16.8. The minimum Gasteiger partial charge on any atom is -0.438 e. The van der Waals surface area contributed by atoms with Crippen molar-refractivity contribution in [2.45, 2.75) is 27.7 Å². The maximum Gasteiger partial charge on any atom is 0.510 e. The lowest BCUT2D eigenvalue weighted by Gasteiger charge is -2.02. The van der Waals surface area contributed by atoms with Gasteiger partial charge < -0.3 is 30.4 Å². The highest BCUT2D eigenvalue weighted by Crippen LogP contribution is 1.96. The second-order valence-corrected chi connectivity index (χ2v) is 4.14. The van der Waals surface area contributed by atoms with Crippen molar-refractivity contribution in [3.8, 4) is 0 Å². The zero-order valence-electron chi connectivity index (χ0n) is 18.1. The third-order valence-electron chi connectivity index (χ3n) is 2.29. The molecule has 0 amide bonds. The van der Waals surface area contributed by atoms with Gasteiger partial charge in [0.25, 0.3) is 0 Å². The van der Waals surface area contributed by atoms with Crippen molar-refractivity contribution >= 4 is 23.7 Å². The van der Waals surface area contributed by atoms with Crippen molar-refractivity contribution in [3.05, 3.63) is 60.7 Å². The zero-order valence-corrected chi connectivity index (χ0v) is 18.1. The number of carbonyl (C=O) groups is 2. The fourth-order valence-electron chi connectivity index (χ4n) is 1.15. The number of para-hydroxylation sites is 2. The molecule has 0 aromatic heterocycles. The molecule has 8 heteroatoms. The Balaban J connectivity index is -0.000000329. The van der Waals surface area contributed by atoms with Crippen LogP contribution in [0.4, 0.5) is 21.0 Å². The van der Waals surface area contributed by atoms with Crippen LogP contribution < -0.4 is 11.5 Å². The molecule has 29 heavy (non-hydrogen) atoms. The van der Waals surface area contributed by atoms with Crippen LogP contribution in [0.5, 0.6) is 0 Å². The van der Waals surface area contributed by atoms with Gasteiger partial charge in [-0.25, -0.2) is 9.59 Å². The molecule has 164 valence electrons. The molecule has 2 aromatic rings. The Labute approximate surface area is 173 Å². The van der Waals surface area contributed by atoms with E-state index < -0.39 is 19.1 Å². The molecule has 4 N–H and O–H groups in total. The van der Waals surface area contributed by atoms with Gasteiger partial charge in [-0.05, 0) is 24.3 Å². The number of benzene rings is 2. The molecular weight excluding hydrogens is 376 g/mol. The summed E-state index contributed by atoms with van der Waals surface area (Å²) in [5.41, 5.74) is 12.4. The van der Waals surface area contributed by atoms with Gasteiger partial charge in [-0.3, -0.25) is 0 Å². The topological polar surface area (TPSA) is 123 Å². The Kier molecular flexibility index (Phi) is 25.7. The zero-order chi connectivity index (χ0) is 22.9. The van der Waals surface area contributed by atoms with Gasteiger partial charge in [0, 0.05) is 11.4 Å². The van der Waals surface area contributed by atoms with Gasteiger partial charge in [0.05, 0.1) is 14.2 Å². The first kappa shape index (κ1) is 30.3. The molecule has 2 rings (SSSR count). The molecule has 0 aliphatic rings. The number of carbonyl (C=O) groups excluding carboxylic acids is 2. The molecule has 0 saturated heterocycles. The summed E-state index contributed by atoms with van der Waals surface area (Å²) in [6, 6.07) is 19.0. The molecule has 0 fully saturated rings. The van der Waals surface area contributed by atoms with Crippen LogP contribution in [0.15, 0.2) is 60.7 Å². The van der Waals surface area contributed by atoms with Crippen LogP contribution >= 0.6 is 0 Å². The van der Waals surface area contributed by atoms with Crippen LogP contribution in [-0.2, 0) is 18.9 Å². The SMILES string of the molecule is CC.CC.COC(=O)OCOC(=O)OC.Nc1ccccc1.Nc1ccccc1. The minimum absolute atomic E-state index is 0.515. The maximum absolute atomic E-state index is 10.2. The molecule has 0 spiro atoms. The molecule has 0 aliphatic heterocycles. The van der Waals surface area contributed by atoms with Crippen LogP contribution in [0.3, 0.4) is 0 Å². The second kappa shape index (κ2) is 24.6. The van der Waals surface area contributed by atoms with Crippen LogP contribution in [0, 0.1) is 0 Å². The predicted octanol–water partition coefficient (Wildman–Crippen LogP) is 5.10. The largest absolute Gasteiger partial charge is 0.510 e. The molecule has 2 aromatic carbocycles. The first-order valence-electron chi connectivity index (χ1n) is 9.02. The Bertz CT molecular complexity index is 541. The van der Waals surface area contributed by atoms with E-state index in [0.29, 0.717) is 0 Å². The lowest BCUT2D eigenvalue weighted by atomic mass is 10.3. The normalized spacial score (nSPS) is 7.66. The first-order chi connectivity index (χ1) is 14.0. The van der Waals surface area contributed by atoms with Gasteiger partial charge in [-0.2, -0.15) is 0 Å². The third-order valence-corrected chi connectivity index (χ3v) is 2.29. The molecule has 0 radical (unpaired) electrons. The predicted molar refractivity (Wildman–Crippen MR) is 116 cm³/mol. The molecular formula is C21H34N2O6. The first-order valence-corrected chi connectivity index (χ1v) is 9.02. The highest BCUT2D eigenvalue weighted by molar-refractivity contribution is 5.61. The van der Waals surface area contributed by atoms with Crippen molar-refractivity contribution < 1.29 is 28.5 Å². The van der Waals surface area contributed by atoms with Crippen molar-refractivity contribution in [2.24, 2.45) is 0 Å². The number of hydrogen-bond acceptors (Lipinski definition) is 8. The minimum atomic E-state index is -0.922. The molecule has 0 heterocycles. The number of methoxy groups -OCH3 is 2. The van der Waals surface area contributed by atoms with Crippen molar-refractivity contribution in [1.82, 2.24) is 0 Å². The number of hydrogen-bond donors (Lipinski definition) is 2. The van der Waals surface area contributed by atoms with Gasteiger partial charge in [0.1, 0.15) is 0 Å². The van der Waals surface area contributed by atoms with E-state index in [2.05, 4.69) is 18.9 Å². The Hall–Kier alpha value is -3.42. The fraction of sp³-hybridized carbons (Fsp3) is 0.333. The number of rotatable bonds is 2. The van der Waals surface area contributed by atoms with E-state index in [1.54, 1.807) is 0 Å². The molecule has 0 saturated carbocycles. The number of anilines is 2. The summed E-state index contributed by atoms with van der Waals surface area (Å²) in [7, 11) is 2.28. The molecule has 8 nitrogen and oxygen atoms in total. The monoisotopic (exact) mass is 410 g/mol. The van der Waals surface area contributed by atoms with E-state index >= 15 is 0 Å². The van der Waals surface area contributed by atoms with E-state index in [0.717, 1.165) is 25.6 Å². The second-order valence-electron chi connectivity index (χ2n) is 4.14. The lowest BCUT2D eigenvalue weighted by molar-refractivity contribution is -0.0282. The average molecular weight is 411 g/mol. The van der Waals surface area contributed by atoms with Gasteiger partial charge >= 0.3 is 12.3 Å². The van der Waals surface area contributed by atoms with Gasteiger partial charge in [-0.15, -0.1) is 0 Å². The summed E-state index contributed by atoms with van der Waals surface area (Å²) in [6.45, 7) is 7.49. The van der Waals surface area contributed by atoms with E-state index in [-0.39, 0.29) is 0 Å². The Morgan fingerprint density at radius 2 is 0.931 bits per heavy atom.